The van der Waals surface area contributed by atoms with Crippen LogP contribution < -0.4 is 5.32 Å². The topological polar surface area (TPSA) is 55.4 Å². The molecule has 0 heterocycles. The van der Waals surface area contributed by atoms with Crippen molar-refractivity contribution in [2.75, 3.05) is 7.11 Å². The number of hydrogen-bond donors (Lipinski definition) is 1. The number of amides is 1. The summed E-state index contributed by atoms with van der Waals surface area (Å²) in [6.07, 6.45) is 5.10. The third-order valence-electron chi connectivity index (χ3n) is 3.38. The van der Waals surface area contributed by atoms with E-state index >= 15 is 0 Å². The Morgan fingerprint density at radius 1 is 1.38 bits per heavy atom. The van der Waals surface area contributed by atoms with Gasteiger partial charge in [0.15, 0.2) is 6.04 Å². The first-order valence-corrected chi connectivity index (χ1v) is 6.89. The molecule has 4 nitrogen and oxygen atoms in total. The van der Waals surface area contributed by atoms with Crippen LogP contribution in [-0.2, 0) is 14.3 Å². The number of hydrogen-bond acceptors (Lipinski definition) is 3. The highest BCUT2D eigenvalue weighted by Crippen LogP contribution is 2.23. The maximum Gasteiger partial charge on any atom is 0.333 e. The van der Waals surface area contributed by atoms with Crippen molar-refractivity contribution >= 4 is 23.5 Å². The van der Waals surface area contributed by atoms with Gasteiger partial charge in [-0.05, 0) is 30.5 Å². The largest absolute Gasteiger partial charge is 0.467 e. The van der Waals surface area contributed by atoms with Crippen LogP contribution >= 0.6 is 11.6 Å². The van der Waals surface area contributed by atoms with Gasteiger partial charge >= 0.3 is 5.97 Å². The molecule has 6 heteroatoms. The summed E-state index contributed by atoms with van der Waals surface area (Å²) < 4.78 is 18.2. The molecule has 1 amide bonds. The molecule has 0 unspecified atom stereocenters. The molecule has 1 aliphatic rings. The summed E-state index contributed by atoms with van der Waals surface area (Å²) in [4.78, 5) is 24.0. The second-order valence-corrected chi connectivity index (χ2v) is 5.19. The highest BCUT2D eigenvalue weighted by atomic mass is 35.5. The number of esters is 1. The molecule has 0 radical (unpaired) electrons. The van der Waals surface area contributed by atoms with E-state index in [1.807, 2.05) is 12.2 Å². The molecular weight excluding hydrogens is 297 g/mol. The standard InChI is InChI=1S/C15H15ClFNO3/c1-21-15(20)13(10-6-7-11(16)12(17)8-10)18-14(19)9-4-2-3-5-9/h2-3,6-9,13H,4-5H2,1H3,(H,18,19)/t13-/m1/s1. The predicted octanol–water partition coefficient (Wildman–Crippen LogP) is 2.78. The van der Waals surface area contributed by atoms with Gasteiger partial charge in [-0.1, -0.05) is 29.8 Å². The van der Waals surface area contributed by atoms with Gasteiger partial charge in [0.25, 0.3) is 0 Å². The maximum atomic E-state index is 13.5. The van der Waals surface area contributed by atoms with Gasteiger partial charge in [0.1, 0.15) is 5.82 Å². The van der Waals surface area contributed by atoms with Crippen LogP contribution in [0.5, 0.6) is 0 Å². The van der Waals surface area contributed by atoms with Gasteiger partial charge in [0.05, 0.1) is 12.1 Å². The molecule has 1 N–H and O–H groups in total. The Morgan fingerprint density at radius 3 is 2.62 bits per heavy atom. The van der Waals surface area contributed by atoms with Crippen LogP contribution in [0.1, 0.15) is 24.4 Å². The number of rotatable bonds is 4. The molecule has 0 saturated heterocycles. The van der Waals surface area contributed by atoms with Crippen molar-refractivity contribution in [1.29, 1.82) is 0 Å². The Bertz CT molecular complexity index is 580. The normalized spacial score (nSPS) is 15.8. The van der Waals surface area contributed by atoms with Crippen LogP contribution in [0.15, 0.2) is 30.4 Å². The maximum absolute atomic E-state index is 13.5. The first-order chi connectivity index (χ1) is 10.0. The van der Waals surface area contributed by atoms with Crippen molar-refractivity contribution in [1.82, 2.24) is 5.32 Å². The van der Waals surface area contributed by atoms with Gasteiger partial charge in [-0.3, -0.25) is 4.79 Å². The molecular formula is C15H15ClFNO3. The van der Waals surface area contributed by atoms with E-state index in [-0.39, 0.29) is 16.8 Å². The third kappa shape index (κ3) is 3.61. The molecule has 0 aliphatic heterocycles. The lowest BCUT2D eigenvalue weighted by Gasteiger charge is -2.19. The zero-order chi connectivity index (χ0) is 15.4. The van der Waals surface area contributed by atoms with Crippen molar-refractivity contribution in [3.8, 4) is 0 Å². The average molecular weight is 312 g/mol. The number of allylic oxidation sites excluding steroid dienone is 2. The average Bonchev–Trinajstić information content (AvgIpc) is 3.01. The van der Waals surface area contributed by atoms with Crippen LogP contribution in [0.3, 0.4) is 0 Å². The van der Waals surface area contributed by atoms with E-state index in [0.717, 1.165) is 6.07 Å². The molecule has 1 aliphatic carbocycles. The molecule has 21 heavy (non-hydrogen) atoms. The Kier molecular flexibility index (Phi) is 4.96. The van der Waals surface area contributed by atoms with E-state index < -0.39 is 17.8 Å². The fraction of sp³-hybridized carbons (Fsp3) is 0.333. The van der Waals surface area contributed by atoms with E-state index in [1.165, 1.54) is 19.2 Å². The quantitative estimate of drug-likeness (QED) is 0.687. The van der Waals surface area contributed by atoms with Gasteiger partial charge in [0.2, 0.25) is 5.91 Å². The minimum absolute atomic E-state index is 0.0475. The van der Waals surface area contributed by atoms with Gasteiger partial charge in [-0.15, -0.1) is 0 Å². The van der Waals surface area contributed by atoms with Crippen molar-refractivity contribution in [3.05, 3.63) is 46.8 Å². The molecule has 112 valence electrons. The highest BCUT2D eigenvalue weighted by Gasteiger charge is 2.28. The van der Waals surface area contributed by atoms with E-state index in [2.05, 4.69) is 10.1 Å². The van der Waals surface area contributed by atoms with Gasteiger partial charge < -0.3 is 10.1 Å². The summed E-state index contributed by atoms with van der Waals surface area (Å²) in [5.74, 6) is -1.77. The lowest BCUT2D eigenvalue weighted by Crippen LogP contribution is -2.37. The number of ether oxygens (including phenoxy) is 1. The Morgan fingerprint density at radius 2 is 2.05 bits per heavy atom. The number of halogens is 2. The Hall–Kier alpha value is -1.88. The molecule has 0 bridgehead atoms. The second kappa shape index (κ2) is 6.72. The molecule has 1 aromatic rings. The van der Waals surface area contributed by atoms with Crippen LogP contribution in [0, 0.1) is 11.7 Å². The van der Waals surface area contributed by atoms with E-state index in [9.17, 15) is 14.0 Å². The first kappa shape index (κ1) is 15.5. The Balaban J connectivity index is 2.19. The Labute approximate surface area is 126 Å². The SMILES string of the molecule is COC(=O)[C@H](NC(=O)C1CC=CC1)c1ccc(Cl)c(F)c1. The minimum Gasteiger partial charge on any atom is -0.467 e. The number of carbonyl (C=O) groups excluding carboxylic acids is 2. The summed E-state index contributed by atoms with van der Waals surface area (Å²) in [7, 11) is 1.21. The van der Waals surface area contributed by atoms with Gasteiger partial charge in [0, 0.05) is 5.92 Å². The number of methoxy groups -OCH3 is 1. The van der Waals surface area contributed by atoms with E-state index in [0.29, 0.717) is 18.4 Å². The predicted molar refractivity (Wildman–Crippen MR) is 76.2 cm³/mol. The van der Waals surface area contributed by atoms with Gasteiger partial charge in [-0.25, -0.2) is 9.18 Å². The summed E-state index contributed by atoms with van der Waals surface area (Å²) in [5, 5.41) is 2.56. The number of carbonyl (C=O) groups is 2. The van der Waals surface area contributed by atoms with Crippen LogP contribution in [-0.4, -0.2) is 19.0 Å². The third-order valence-corrected chi connectivity index (χ3v) is 3.69. The van der Waals surface area contributed by atoms with Crippen molar-refractivity contribution in [2.45, 2.75) is 18.9 Å². The fourth-order valence-corrected chi connectivity index (χ4v) is 2.30. The molecule has 1 aromatic carbocycles. The highest BCUT2D eigenvalue weighted by molar-refractivity contribution is 6.30. The lowest BCUT2D eigenvalue weighted by atomic mass is 10.0. The monoisotopic (exact) mass is 311 g/mol. The molecule has 2 rings (SSSR count). The zero-order valence-corrected chi connectivity index (χ0v) is 12.2. The summed E-state index contributed by atoms with van der Waals surface area (Å²) in [5.41, 5.74) is 0.294. The van der Waals surface area contributed by atoms with E-state index in [1.54, 1.807) is 0 Å². The molecule has 0 spiro atoms. The molecule has 0 saturated carbocycles. The molecule has 1 atom stereocenters. The number of nitrogens with one attached hydrogen (secondary N) is 1. The minimum atomic E-state index is -1.05. The molecule has 0 aromatic heterocycles. The van der Waals surface area contributed by atoms with Crippen molar-refractivity contribution in [2.24, 2.45) is 5.92 Å². The van der Waals surface area contributed by atoms with Gasteiger partial charge in [-0.2, -0.15) is 0 Å². The number of benzene rings is 1. The summed E-state index contributed by atoms with van der Waals surface area (Å²) >= 11 is 5.62. The lowest BCUT2D eigenvalue weighted by molar-refractivity contribution is -0.145. The van der Waals surface area contributed by atoms with Crippen LogP contribution in [0.2, 0.25) is 5.02 Å². The second-order valence-electron chi connectivity index (χ2n) is 4.78. The van der Waals surface area contributed by atoms with Crippen molar-refractivity contribution < 1.29 is 18.7 Å². The zero-order valence-electron chi connectivity index (χ0n) is 11.4. The van der Waals surface area contributed by atoms with Crippen molar-refractivity contribution in [3.63, 3.8) is 0 Å². The first-order valence-electron chi connectivity index (χ1n) is 6.51. The van der Waals surface area contributed by atoms with Crippen LogP contribution in [0.4, 0.5) is 4.39 Å². The van der Waals surface area contributed by atoms with E-state index in [4.69, 9.17) is 11.6 Å². The summed E-state index contributed by atoms with van der Waals surface area (Å²) in [6.45, 7) is 0. The van der Waals surface area contributed by atoms with Crippen LogP contribution in [0.25, 0.3) is 0 Å². The smallest absolute Gasteiger partial charge is 0.333 e. The fourth-order valence-electron chi connectivity index (χ4n) is 2.18. The summed E-state index contributed by atoms with van der Waals surface area (Å²) in [6, 6.07) is 2.90. The molecule has 0 fully saturated rings.